The molecule has 5 heteroatoms. The van der Waals surface area contributed by atoms with Gasteiger partial charge in [-0.2, -0.15) is 0 Å². The number of rotatable bonds is 2. The van der Waals surface area contributed by atoms with E-state index in [0.717, 1.165) is 6.42 Å². The van der Waals surface area contributed by atoms with Crippen LogP contribution in [0.4, 0.5) is 11.4 Å². The Kier molecular flexibility index (Phi) is 3.54. The van der Waals surface area contributed by atoms with E-state index in [1.807, 2.05) is 6.92 Å². The van der Waals surface area contributed by atoms with E-state index in [2.05, 4.69) is 5.32 Å². The number of carbonyl (C=O) groups excluding carboxylic acids is 1. The molecule has 0 spiro atoms. The van der Waals surface area contributed by atoms with Crippen LogP contribution >= 0.6 is 11.6 Å². The largest absolute Gasteiger partial charge is 0.397 e. The van der Waals surface area contributed by atoms with Gasteiger partial charge < -0.3 is 15.8 Å². The zero-order valence-corrected chi connectivity index (χ0v) is 10.3. The summed E-state index contributed by atoms with van der Waals surface area (Å²) in [6.45, 7) is 2.64. The molecule has 1 aromatic rings. The van der Waals surface area contributed by atoms with Crippen molar-refractivity contribution >= 4 is 28.9 Å². The van der Waals surface area contributed by atoms with Crippen molar-refractivity contribution in [1.82, 2.24) is 0 Å². The Bertz CT molecular complexity index is 437. The van der Waals surface area contributed by atoms with Crippen molar-refractivity contribution in [2.45, 2.75) is 19.4 Å². The number of ether oxygens (including phenoxy) is 1. The number of halogens is 1. The standard InChI is InChI=1S/C12H15ClN2O2/c1-7-4-5-17-11(7)12(16)15-10-3-2-8(13)6-9(10)14/h2-3,6-7,11H,4-5,14H2,1H3,(H,15,16). The lowest BCUT2D eigenvalue weighted by molar-refractivity contribution is -0.126. The summed E-state index contributed by atoms with van der Waals surface area (Å²) in [6.07, 6.45) is 0.527. The molecule has 0 aliphatic carbocycles. The first kappa shape index (κ1) is 12.2. The first-order chi connectivity index (χ1) is 8.08. The third-order valence-corrected chi connectivity index (χ3v) is 3.15. The monoisotopic (exact) mass is 254 g/mol. The maximum atomic E-state index is 11.9. The molecule has 0 aromatic heterocycles. The molecular formula is C12H15ClN2O2. The number of benzene rings is 1. The van der Waals surface area contributed by atoms with Gasteiger partial charge in [0.1, 0.15) is 6.10 Å². The molecule has 3 N–H and O–H groups in total. The minimum Gasteiger partial charge on any atom is -0.397 e. The summed E-state index contributed by atoms with van der Waals surface area (Å²) in [4.78, 5) is 11.9. The lowest BCUT2D eigenvalue weighted by Crippen LogP contribution is -2.31. The molecular weight excluding hydrogens is 240 g/mol. The molecule has 1 heterocycles. The molecule has 0 saturated carbocycles. The molecule has 1 aliphatic heterocycles. The fourth-order valence-electron chi connectivity index (χ4n) is 1.88. The summed E-state index contributed by atoms with van der Waals surface area (Å²) >= 11 is 5.79. The van der Waals surface area contributed by atoms with Gasteiger partial charge >= 0.3 is 0 Å². The van der Waals surface area contributed by atoms with Gasteiger partial charge in [0.2, 0.25) is 0 Å². The Hall–Kier alpha value is -1.26. The summed E-state index contributed by atoms with van der Waals surface area (Å²) in [7, 11) is 0. The minimum atomic E-state index is -0.384. The molecule has 2 unspecified atom stereocenters. The third-order valence-electron chi connectivity index (χ3n) is 2.92. The van der Waals surface area contributed by atoms with Gasteiger partial charge in [0.05, 0.1) is 11.4 Å². The average molecular weight is 255 g/mol. The van der Waals surface area contributed by atoms with Crippen molar-refractivity contribution in [3.05, 3.63) is 23.2 Å². The Morgan fingerprint density at radius 1 is 1.59 bits per heavy atom. The second kappa shape index (κ2) is 4.94. The maximum absolute atomic E-state index is 11.9. The highest BCUT2D eigenvalue weighted by Crippen LogP contribution is 2.25. The molecule has 92 valence electrons. The van der Waals surface area contributed by atoms with Crippen LogP contribution in [-0.4, -0.2) is 18.6 Å². The number of hydrogen-bond donors (Lipinski definition) is 2. The van der Waals surface area contributed by atoms with Crippen LogP contribution < -0.4 is 11.1 Å². The maximum Gasteiger partial charge on any atom is 0.253 e. The van der Waals surface area contributed by atoms with Gasteiger partial charge in [-0.1, -0.05) is 18.5 Å². The second-order valence-corrected chi connectivity index (χ2v) is 4.71. The van der Waals surface area contributed by atoms with Crippen LogP contribution in [0.2, 0.25) is 5.02 Å². The van der Waals surface area contributed by atoms with Crippen LogP contribution in [0.15, 0.2) is 18.2 Å². The number of nitrogens with one attached hydrogen (secondary N) is 1. The van der Waals surface area contributed by atoms with E-state index in [1.165, 1.54) is 0 Å². The zero-order valence-electron chi connectivity index (χ0n) is 9.57. The van der Waals surface area contributed by atoms with E-state index >= 15 is 0 Å². The number of amides is 1. The van der Waals surface area contributed by atoms with Crippen molar-refractivity contribution in [3.8, 4) is 0 Å². The average Bonchev–Trinajstić information content (AvgIpc) is 2.68. The van der Waals surface area contributed by atoms with Crippen molar-refractivity contribution in [3.63, 3.8) is 0 Å². The summed E-state index contributed by atoms with van der Waals surface area (Å²) in [5, 5.41) is 3.31. The third kappa shape index (κ3) is 2.70. The topological polar surface area (TPSA) is 64.3 Å². The van der Waals surface area contributed by atoms with Crippen molar-refractivity contribution in [1.29, 1.82) is 0 Å². The van der Waals surface area contributed by atoms with E-state index in [1.54, 1.807) is 18.2 Å². The van der Waals surface area contributed by atoms with Crippen molar-refractivity contribution < 1.29 is 9.53 Å². The molecule has 1 fully saturated rings. The quantitative estimate of drug-likeness (QED) is 0.796. The zero-order chi connectivity index (χ0) is 12.4. The van der Waals surface area contributed by atoms with Gasteiger partial charge in [-0.05, 0) is 30.5 Å². The fraction of sp³-hybridized carbons (Fsp3) is 0.417. The van der Waals surface area contributed by atoms with Crippen molar-refractivity contribution in [2.75, 3.05) is 17.7 Å². The smallest absolute Gasteiger partial charge is 0.253 e. The van der Waals surface area contributed by atoms with Crippen LogP contribution in [0, 0.1) is 5.92 Å². The molecule has 2 atom stereocenters. The van der Waals surface area contributed by atoms with E-state index in [-0.39, 0.29) is 17.9 Å². The number of carbonyl (C=O) groups is 1. The number of nitrogens with two attached hydrogens (primary N) is 1. The van der Waals surface area contributed by atoms with Gasteiger partial charge in [-0.3, -0.25) is 4.79 Å². The summed E-state index contributed by atoms with van der Waals surface area (Å²) in [5.74, 6) is 0.0903. The number of nitrogen functional groups attached to an aromatic ring is 1. The highest BCUT2D eigenvalue weighted by atomic mass is 35.5. The van der Waals surface area contributed by atoms with Gasteiger partial charge in [0.15, 0.2) is 0 Å². The lowest BCUT2D eigenvalue weighted by atomic mass is 10.0. The summed E-state index contributed by atoms with van der Waals surface area (Å²) < 4.78 is 5.38. The van der Waals surface area contributed by atoms with Crippen LogP contribution in [0.5, 0.6) is 0 Å². The molecule has 1 aliphatic rings. The Morgan fingerprint density at radius 3 is 2.94 bits per heavy atom. The normalized spacial score (nSPS) is 23.6. The van der Waals surface area contributed by atoms with Crippen LogP contribution in [0.1, 0.15) is 13.3 Å². The predicted molar refractivity (Wildman–Crippen MR) is 68.0 cm³/mol. The van der Waals surface area contributed by atoms with E-state index in [4.69, 9.17) is 22.1 Å². The Morgan fingerprint density at radius 2 is 2.35 bits per heavy atom. The summed E-state index contributed by atoms with van der Waals surface area (Å²) in [5.41, 5.74) is 6.79. The van der Waals surface area contributed by atoms with Gasteiger partial charge in [0, 0.05) is 11.6 Å². The van der Waals surface area contributed by atoms with Crippen molar-refractivity contribution in [2.24, 2.45) is 5.92 Å². The molecule has 1 amide bonds. The van der Waals surface area contributed by atoms with Gasteiger partial charge in [0.25, 0.3) is 5.91 Å². The second-order valence-electron chi connectivity index (χ2n) is 4.28. The number of anilines is 2. The first-order valence-corrected chi connectivity index (χ1v) is 5.93. The van der Waals surface area contributed by atoms with E-state index in [9.17, 15) is 4.79 Å². The molecule has 0 radical (unpaired) electrons. The van der Waals surface area contributed by atoms with E-state index < -0.39 is 0 Å². The Balaban J connectivity index is 2.07. The predicted octanol–water partition coefficient (Wildman–Crippen LogP) is 2.29. The molecule has 0 bridgehead atoms. The van der Waals surface area contributed by atoms with Crippen LogP contribution in [0.3, 0.4) is 0 Å². The highest BCUT2D eigenvalue weighted by molar-refractivity contribution is 6.31. The molecule has 1 saturated heterocycles. The van der Waals surface area contributed by atoms with Crippen LogP contribution in [-0.2, 0) is 9.53 Å². The Labute approximate surface area is 105 Å². The molecule has 1 aromatic carbocycles. The first-order valence-electron chi connectivity index (χ1n) is 5.55. The SMILES string of the molecule is CC1CCOC1C(=O)Nc1ccc(Cl)cc1N. The molecule has 4 nitrogen and oxygen atoms in total. The van der Waals surface area contributed by atoms with Crippen LogP contribution in [0.25, 0.3) is 0 Å². The number of hydrogen-bond acceptors (Lipinski definition) is 3. The van der Waals surface area contributed by atoms with E-state index in [0.29, 0.717) is 23.0 Å². The van der Waals surface area contributed by atoms with Gasteiger partial charge in [-0.15, -0.1) is 0 Å². The highest BCUT2D eigenvalue weighted by Gasteiger charge is 2.31. The molecule has 2 rings (SSSR count). The lowest BCUT2D eigenvalue weighted by Gasteiger charge is -2.15. The molecule has 17 heavy (non-hydrogen) atoms. The fourth-order valence-corrected chi connectivity index (χ4v) is 2.06. The summed E-state index contributed by atoms with van der Waals surface area (Å²) in [6, 6.07) is 4.98. The van der Waals surface area contributed by atoms with Gasteiger partial charge in [-0.25, -0.2) is 0 Å². The minimum absolute atomic E-state index is 0.149.